The minimum atomic E-state index is -0.0995. The molecular weight excluding hydrogens is 1270 g/mol. The van der Waals surface area contributed by atoms with Gasteiger partial charge >= 0.3 is 0 Å². The van der Waals surface area contributed by atoms with Crippen molar-refractivity contribution in [2.45, 2.75) is 134 Å². The Labute approximate surface area is 609 Å². The summed E-state index contributed by atoms with van der Waals surface area (Å²) in [4.78, 5) is 0. The van der Waals surface area contributed by atoms with Crippen molar-refractivity contribution in [3.05, 3.63) is 288 Å². The maximum Gasteiger partial charge on any atom is 0.292 e. The van der Waals surface area contributed by atoms with Crippen molar-refractivity contribution in [3.8, 4) is 68.0 Å². The number of fused-ring (bicyclic) bond motifs is 15. The standard InChI is InChI=1S/C27H20NO.2C23H18NO.C19H16NO.4CH4/c1-27(2)24-20-10-6-5-9-18(20)13-22-23(24)26-25(27)21-12-17-8-4-3-7-16(17)11-19(21)14-28(26)15-29-22;2*1-23(2)20-16-9-5-3-7-14(16)11-18-19(20)22-21(23)17-10-6-4-8-15(17)12-24(22)13-25-18;1-19(2)14-8-5-9-20-11-21-15-10-12-6-3-4-7-13(12)17(19)16(15)18(14)20;;;;/h3-14H,15H2,1-2H3;2*3-12H,13H2,1-2H3;3-10H,11H2,1-2H3;4*1H4/q4*+1;;;;. The summed E-state index contributed by atoms with van der Waals surface area (Å²) in [5.74, 6) is 4.10. The fourth-order valence-corrected chi connectivity index (χ4v) is 19.6. The molecule has 8 heteroatoms. The van der Waals surface area contributed by atoms with E-state index in [-0.39, 0.29) is 51.4 Å². The van der Waals surface area contributed by atoms with Crippen molar-refractivity contribution in [1.29, 1.82) is 0 Å². The van der Waals surface area contributed by atoms with Crippen LogP contribution in [-0.4, -0.2) is 0 Å². The number of ether oxygens (including phenoxy) is 4. The first-order chi connectivity index (χ1) is 48.6. The first kappa shape index (κ1) is 65.8. The molecule has 4 aliphatic carbocycles. The smallest absolute Gasteiger partial charge is 0.292 e. The van der Waals surface area contributed by atoms with Gasteiger partial charge in [-0.3, -0.25) is 0 Å². The molecule has 8 nitrogen and oxygen atoms in total. The van der Waals surface area contributed by atoms with Gasteiger partial charge in [-0.25, -0.2) is 0 Å². The van der Waals surface area contributed by atoms with Crippen LogP contribution in [0.2, 0.25) is 0 Å². The normalized spacial score (nSPS) is 15.5. The summed E-state index contributed by atoms with van der Waals surface area (Å²) in [6.07, 6.45) is 8.85. The SMILES string of the molecule is C.C.C.C.CC1(C)c2c3c(cc4ccccc24)OC[n+]2cc4cc5ccccc5cc4c1c2-3.CC1(C)c2c3c(cc4ccccc24)OC[n+]2cc4ccccc4c1c2-3.CC1(C)c2c3c(cc4ccccc24)OC[n+]2cc4ccccc4c1c2-3.CC1(C)c2ccc[n+]3c2-c2c(cc4ccccc4c21)OC3. The van der Waals surface area contributed by atoms with Gasteiger partial charge in [-0.1, -0.05) is 243 Å². The number of pyridine rings is 4. The van der Waals surface area contributed by atoms with Gasteiger partial charge in [0, 0.05) is 66.1 Å². The average Bonchev–Trinajstić information content (AvgIpc) is 1.56. The molecule has 0 spiro atoms. The Morgan fingerprint density at radius 3 is 0.894 bits per heavy atom. The molecule has 0 unspecified atom stereocenters. The van der Waals surface area contributed by atoms with Crippen LogP contribution in [0.25, 0.3) is 131 Å². The summed E-state index contributed by atoms with van der Waals surface area (Å²) in [5.41, 5.74) is 21.6. The molecule has 104 heavy (non-hydrogen) atoms. The van der Waals surface area contributed by atoms with Crippen molar-refractivity contribution in [2.24, 2.45) is 0 Å². The molecule has 24 rings (SSSR count). The van der Waals surface area contributed by atoms with Crippen LogP contribution >= 0.6 is 0 Å². The second kappa shape index (κ2) is 23.0. The van der Waals surface area contributed by atoms with Gasteiger partial charge in [0.1, 0.15) is 23.0 Å². The van der Waals surface area contributed by atoms with E-state index in [1.165, 1.54) is 176 Å². The zero-order valence-corrected chi connectivity index (χ0v) is 57.3. The number of nitrogens with zero attached hydrogens (tertiary/aromatic N) is 4. The van der Waals surface area contributed by atoms with Crippen LogP contribution in [-0.2, 0) is 48.6 Å². The Kier molecular flexibility index (Phi) is 14.6. The van der Waals surface area contributed by atoms with Crippen LogP contribution in [0.3, 0.4) is 0 Å². The van der Waals surface area contributed by atoms with Gasteiger partial charge in [0.05, 0.1) is 22.3 Å². The summed E-state index contributed by atoms with van der Waals surface area (Å²) in [5, 5.41) is 20.9. The minimum Gasteiger partial charge on any atom is -0.435 e. The lowest BCUT2D eigenvalue weighted by molar-refractivity contribution is -0.717. The molecule has 4 aromatic heterocycles. The number of aromatic nitrogens is 4. The molecule has 0 fully saturated rings. The van der Waals surface area contributed by atoms with Gasteiger partial charge in [-0.15, -0.1) is 0 Å². The van der Waals surface area contributed by atoms with Crippen molar-refractivity contribution < 1.29 is 37.2 Å². The fraction of sp³-hybridized carbons (Fsp3) is 0.208. The topological polar surface area (TPSA) is 52.4 Å². The molecule has 512 valence electrons. The molecule has 0 radical (unpaired) electrons. The summed E-state index contributed by atoms with van der Waals surface area (Å²) in [7, 11) is 0. The zero-order chi connectivity index (χ0) is 67.0. The second-order valence-corrected chi connectivity index (χ2v) is 30.6. The third-order valence-corrected chi connectivity index (χ3v) is 23.7. The summed E-state index contributed by atoms with van der Waals surface area (Å²) in [6.45, 7) is 21.1. The Balaban J connectivity index is 0.000000102. The second-order valence-electron chi connectivity index (χ2n) is 30.6. The molecule has 12 aromatic carbocycles. The predicted molar refractivity (Wildman–Crippen MR) is 426 cm³/mol. The summed E-state index contributed by atoms with van der Waals surface area (Å²) < 4.78 is 33.8. The van der Waals surface area contributed by atoms with E-state index in [4.69, 9.17) is 18.9 Å². The van der Waals surface area contributed by atoms with Gasteiger partial charge in [0.15, 0.2) is 24.8 Å². The van der Waals surface area contributed by atoms with Crippen molar-refractivity contribution in [1.82, 2.24) is 0 Å². The van der Waals surface area contributed by atoms with E-state index in [1.807, 2.05) is 0 Å². The Morgan fingerprint density at radius 1 is 0.240 bits per heavy atom. The molecule has 0 atom stereocenters. The Bertz CT molecular complexity index is 6050. The molecule has 0 bridgehead atoms. The van der Waals surface area contributed by atoms with Crippen molar-refractivity contribution in [2.75, 3.05) is 0 Å². The fourth-order valence-electron chi connectivity index (χ4n) is 19.6. The molecule has 8 heterocycles. The molecule has 0 saturated heterocycles. The highest BCUT2D eigenvalue weighted by atomic mass is 16.5. The largest absolute Gasteiger partial charge is 0.435 e. The average molecular weight is 1360 g/mol. The summed E-state index contributed by atoms with van der Waals surface area (Å²) in [6, 6.07) is 78.7. The third kappa shape index (κ3) is 8.78. The maximum absolute atomic E-state index is 6.26. The number of benzene rings is 12. The lowest BCUT2D eigenvalue weighted by atomic mass is 9.78. The summed E-state index contributed by atoms with van der Waals surface area (Å²) >= 11 is 0. The molecule has 0 N–H and O–H groups in total. The highest BCUT2D eigenvalue weighted by molar-refractivity contribution is 6.09. The number of hydrogen-bond acceptors (Lipinski definition) is 4. The van der Waals surface area contributed by atoms with E-state index < -0.39 is 0 Å². The van der Waals surface area contributed by atoms with Crippen LogP contribution in [0.1, 0.15) is 130 Å². The monoisotopic (exact) mass is 1360 g/mol. The first-order valence-electron chi connectivity index (χ1n) is 35.2. The zero-order valence-electron chi connectivity index (χ0n) is 57.3. The lowest BCUT2D eigenvalue weighted by Crippen LogP contribution is -2.41. The van der Waals surface area contributed by atoms with E-state index in [2.05, 4.69) is 317 Å². The Hall–Kier alpha value is -11.5. The van der Waals surface area contributed by atoms with Crippen LogP contribution < -0.4 is 37.2 Å². The lowest BCUT2D eigenvalue weighted by Gasteiger charge is -2.23. The number of rotatable bonds is 0. The van der Waals surface area contributed by atoms with E-state index in [9.17, 15) is 0 Å². The molecular formula is C96H88N4O4+4. The highest BCUT2D eigenvalue weighted by Gasteiger charge is 2.52. The third-order valence-electron chi connectivity index (χ3n) is 23.7. The van der Waals surface area contributed by atoms with Gasteiger partial charge in [0.25, 0.3) is 26.9 Å². The minimum absolute atomic E-state index is 0. The Morgan fingerprint density at radius 2 is 0.519 bits per heavy atom. The molecule has 16 aromatic rings. The molecule has 0 saturated carbocycles. The van der Waals surface area contributed by atoms with E-state index >= 15 is 0 Å². The van der Waals surface area contributed by atoms with Crippen molar-refractivity contribution in [3.63, 3.8) is 0 Å². The van der Waals surface area contributed by atoms with Crippen LogP contribution in [0.15, 0.2) is 243 Å². The van der Waals surface area contributed by atoms with Crippen LogP contribution in [0, 0.1) is 0 Å². The van der Waals surface area contributed by atoms with Gasteiger partial charge in [-0.2, -0.15) is 18.3 Å². The van der Waals surface area contributed by atoms with Crippen LogP contribution in [0.4, 0.5) is 0 Å². The molecule has 8 aliphatic rings. The van der Waals surface area contributed by atoms with E-state index in [0.717, 1.165) is 23.0 Å². The predicted octanol–water partition coefficient (Wildman–Crippen LogP) is 22.3. The molecule has 0 amide bonds. The van der Waals surface area contributed by atoms with Crippen molar-refractivity contribution >= 4 is 86.2 Å². The van der Waals surface area contributed by atoms with Crippen LogP contribution in [0.5, 0.6) is 23.0 Å². The van der Waals surface area contributed by atoms with Gasteiger partial charge < -0.3 is 18.9 Å². The molecule has 4 aliphatic heterocycles. The quantitative estimate of drug-likeness (QED) is 0.112. The number of hydrogen-bond donors (Lipinski definition) is 0. The van der Waals surface area contributed by atoms with E-state index in [1.54, 1.807) is 0 Å². The van der Waals surface area contributed by atoms with E-state index in [0.29, 0.717) is 26.9 Å². The highest BCUT2D eigenvalue weighted by Crippen LogP contribution is 2.61. The maximum atomic E-state index is 6.26. The van der Waals surface area contributed by atoms with Gasteiger partial charge in [-0.05, 0) is 147 Å². The first-order valence-corrected chi connectivity index (χ1v) is 35.2. The van der Waals surface area contributed by atoms with Gasteiger partial charge in [0.2, 0.25) is 22.8 Å².